The Balaban J connectivity index is 1.95. The molecule has 14 nitrogen and oxygen atoms in total. The van der Waals surface area contributed by atoms with Gasteiger partial charge in [0.1, 0.15) is 0 Å². The maximum Gasteiger partial charge on any atom is 0.409 e. The molecule has 0 bridgehead atoms. The summed E-state index contributed by atoms with van der Waals surface area (Å²) in [5, 5.41) is 38.3. The molecule has 2 rings (SSSR count). The Hall–Kier alpha value is -3.71. The topological polar surface area (TPSA) is 167 Å². The van der Waals surface area contributed by atoms with E-state index in [-0.39, 0.29) is 31.1 Å². The number of amides is 1. The van der Waals surface area contributed by atoms with Crippen molar-refractivity contribution in [2.75, 3.05) is 32.8 Å². The molecule has 1 aromatic rings. The van der Waals surface area contributed by atoms with Gasteiger partial charge in [0, 0.05) is 19.2 Å². The highest BCUT2D eigenvalue weighted by atomic mass is 16.7. The Labute approximate surface area is 164 Å². The number of non-ortho nitro benzene ring substituents is 1. The van der Waals surface area contributed by atoms with Gasteiger partial charge in [-0.2, -0.15) is 0 Å². The molecule has 1 amide bonds. The number of piperazine rings is 1. The molecule has 0 radical (unpaired) electrons. The van der Waals surface area contributed by atoms with E-state index in [4.69, 9.17) is 9.57 Å². The van der Waals surface area contributed by atoms with Gasteiger partial charge >= 0.3 is 11.8 Å². The van der Waals surface area contributed by atoms with Crippen LogP contribution in [0.25, 0.3) is 0 Å². The van der Waals surface area contributed by atoms with E-state index in [1.807, 2.05) is 6.92 Å². The molecule has 0 aromatic heterocycles. The van der Waals surface area contributed by atoms with E-state index < -0.39 is 33.1 Å². The second-order valence-electron chi connectivity index (χ2n) is 6.00. The predicted octanol–water partition coefficient (Wildman–Crippen LogP) is 2.23. The van der Waals surface area contributed by atoms with Crippen LogP contribution in [-0.4, -0.2) is 63.6 Å². The zero-order chi connectivity index (χ0) is 21.4. The lowest BCUT2D eigenvalue weighted by atomic mass is 10.2. The number of nitro benzene ring substituents is 2. The summed E-state index contributed by atoms with van der Waals surface area (Å²) in [4.78, 5) is 38.4. The number of ether oxygens (including phenoxy) is 1. The highest BCUT2D eigenvalue weighted by Gasteiger charge is 2.27. The molecule has 0 unspecified atom stereocenters. The van der Waals surface area contributed by atoms with Crippen molar-refractivity contribution in [1.82, 2.24) is 9.91 Å². The van der Waals surface area contributed by atoms with Gasteiger partial charge in [-0.15, -0.1) is 5.01 Å². The summed E-state index contributed by atoms with van der Waals surface area (Å²) in [6.45, 7) is 3.09. The van der Waals surface area contributed by atoms with Gasteiger partial charge in [0.15, 0.2) is 0 Å². The molecule has 29 heavy (non-hydrogen) atoms. The van der Waals surface area contributed by atoms with Crippen LogP contribution < -0.4 is 4.84 Å². The first-order chi connectivity index (χ1) is 13.8. The molecule has 0 spiro atoms. The van der Waals surface area contributed by atoms with Crippen molar-refractivity contribution in [1.29, 1.82) is 0 Å². The van der Waals surface area contributed by atoms with E-state index in [9.17, 15) is 30.2 Å². The third-order valence-electron chi connectivity index (χ3n) is 4.04. The Morgan fingerprint density at radius 1 is 1.14 bits per heavy atom. The van der Waals surface area contributed by atoms with E-state index in [0.717, 1.165) is 25.0 Å². The lowest BCUT2D eigenvalue weighted by molar-refractivity contribution is -0.708. The molecule has 1 aliphatic rings. The van der Waals surface area contributed by atoms with Crippen LogP contribution in [0, 0.1) is 25.4 Å². The van der Waals surface area contributed by atoms with Crippen LogP contribution in [0.5, 0.6) is 5.75 Å². The molecule has 0 atom stereocenters. The minimum Gasteiger partial charge on any atom is -0.569 e. The second-order valence-corrected chi connectivity index (χ2v) is 6.00. The van der Waals surface area contributed by atoms with Crippen molar-refractivity contribution in [2.45, 2.75) is 19.8 Å². The number of hydrogen-bond donors (Lipinski definition) is 0. The molecule has 14 heteroatoms. The predicted molar refractivity (Wildman–Crippen MR) is 95.8 cm³/mol. The minimum atomic E-state index is -0.879. The molecule has 1 saturated heterocycles. The van der Waals surface area contributed by atoms with Gasteiger partial charge in [-0.3, -0.25) is 25.1 Å². The quantitative estimate of drug-likeness (QED) is 0.204. The first-order valence-electron chi connectivity index (χ1n) is 8.78. The summed E-state index contributed by atoms with van der Waals surface area (Å²) < 4.78 is 5.10. The number of carbonyl (C=O) groups excluding carboxylic acids is 1. The molecular weight excluding hydrogens is 392 g/mol. The molecule has 158 valence electrons. The van der Waals surface area contributed by atoms with E-state index in [0.29, 0.717) is 12.7 Å². The molecular formula is C15H20N6O8. The monoisotopic (exact) mass is 412 g/mol. The van der Waals surface area contributed by atoms with E-state index in [1.54, 1.807) is 0 Å². The summed E-state index contributed by atoms with van der Waals surface area (Å²) in [6, 6.07) is 2.69. The van der Waals surface area contributed by atoms with Crippen LogP contribution in [0.1, 0.15) is 19.8 Å². The summed E-state index contributed by atoms with van der Waals surface area (Å²) in [5.74, 6) is -0.417. The molecule has 1 fully saturated rings. The average molecular weight is 412 g/mol. The van der Waals surface area contributed by atoms with E-state index in [1.165, 1.54) is 9.91 Å². The van der Waals surface area contributed by atoms with Crippen molar-refractivity contribution < 1.29 is 29.2 Å². The smallest absolute Gasteiger partial charge is 0.409 e. The van der Waals surface area contributed by atoms with Crippen LogP contribution >= 0.6 is 0 Å². The van der Waals surface area contributed by atoms with Gasteiger partial charge in [0.25, 0.3) is 5.69 Å². The first kappa shape index (κ1) is 21.6. The normalized spacial score (nSPS) is 14.4. The lowest BCUT2D eigenvalue weighted by Gasteiger charge is -2.30. The van der Waals surface area contributed by atoms with Gasteiger partial charge in [0.2, 0.25) is 11.0 Å². The van der Waals surface area contributed by atoms with Gasteiger partial charge in [0.05, 0.1) is 40.6 Å². The molecule has 0 N–H and O–H groups in total. The Morgan fingerprint density at radius 3 is 2.41 bits per heavy atom. The van der Waals surface area contributed by atoms with E-state index >= 15 is 0 Å². The van der Waals surface area contributed by atoms with Crippen LogP contribution in [0.3, 0.4) is 0 Å². The molecule has 0 aliphatic carbocycles. The van der Waals surface area contributed by atoms with Crippen LogP contribution in [-0.2, 0) is 4.74 Å². The Kier molecular flexibility index (Phi) is 7.45. The lowest BCUT2D eigenvalue weighted by Crippen LogP contribution is -2.50. The highest BCUT2D eigenvalue weighted by molar-refractivity contribution is 5.67. The third kappa shape index (κ3) is 5.88. The average Bonchev–Trinajstić information content (AvgIpc) is 2.71. The number of hydrogen-bond acceptors (Lipinski definition) is 9. The number of hydrazine groups is 1. The third-order valence-corrected chi connectivity index (χ3v) is 4.04. The van der Waals surface area contributed by atoms with Crippen LogP contribution in [0.4, 0.5) is 16.2 Å². The molecule has 1 heterocycles. The van der Waals surface area contributed by atoms with Crippen molar-refractivity contribution >= 4 is 17.5 Å². The van der Waals surface area contributed by atoms with Gasteiger partial charge in [-0.05, 0) is 12.5 Å². The number of benzene rings is 1. The largest absolute Gasteiger partial charge is 0.569 e. The SMILES string of the molecule is CCCCOC(=O)N1CCN(/[N+]([O-])=N\Oc2ccc([N+](=O)[O-])cc2[N+](=O)[O-])CC1. The summed E-state index contributed by atoms with van der Waals surface area (Å²) in [7, 11) is 0. The first-order valence-corrected chi connectivity index (χ1v) is 8.78. The molecule has 1 aromatic carbocycles. The van der Waals surface area contributed by atoms with Crippen LogP contribution in [0.15, 0.2) is 23.5 Å². The fourth-order valence-corrected chi connectivity index (χ4v) is 2.41. The maximum atomic E-state index is 12.1. The summed E-state index contributed by atoms with van der Waals surface area (Å²) in [6.07, 6.45) is 1.22. The Bertz CT molecular complexity index is 793. The highest BCUT2D eigenvalue weighted by Crippen LogP contribution is 2.31. The standard InChI is InChI=1S/C15H20N6O8/c1-2-3-10-28-15(22)17-6-8-18(9-7-17)21(27)16-29-14-5-4-12(19(23)24)11-13(14)20(25)26/h4-5,11H,2-3,6-10H2,1H3/b21-16+. The number of unbranched alkanes of at least 4 members (excludes halogenated alkanes) is 1. The van der Waals surface area contributed by atoms with Crippen molar-refractivity contribution in [3.05, 3.63) is 43.6 Å². The van der Waals surface area contributed by atoms with Gasteiger partial charge in [-0.25, -0.2) is 4.79 Å². The zero-order valence-corrected chi connectivity index (χ0v) is 15.6. The number of nitrogens with zero attached hydrogens (tertiary/aromatic N) is 6. The zero-order valence-electron chi connectivity index (χ0n) is 15.6. The fraction of sp³-hybridized carbons (Fsp3) is 0.533. The van der Waals surface area contributed by atoms with Gasteiger partial charge < -0.3 is 14.8 Å². The van der Waals surface area contributed by atoms with Crippen molar-refractivity contribution in [2.24, 2.45) is 5.28 Å². The Morgan fingerprint density at radius 2 is 1.83 bits per heavy atom. The number of nitro groups is 2. The molecule has 0 saturated carbocycles. The number of rotatable bonds is 8. The second kappa shape index (κ2) is 10.0. The van der Waals surface area contributed by atoms with Crippen molar-refractivity contribution in [3.8, 4) is 5.75 Å². The maximum absolute atomic E-state index is 12.1. The minimum absolute atomic E-state index is 0.116. The fourth-order valence-electron chi connectivity index (χ4n) is 2.41. The van der Waals surface area contributed by atoms with Gasteiger partial charge in [-0.1, -0.05) is 13.3 Å². The molecule has 1 aliphatic heterocycles. The summed E-state index contributed by atoms with van der Waals surface area (Å²) in [5.41, 5.74) is -1.19. The number of carbonyl (C=O) groups is 1. The summed E-state index contributed by atoms with van der Waals surface area (Å²) >= 11 is 0. The van der Waals surface area contributed by atoms with Crippen molar-refractivity contribution in [3.63, 3.8) is 0 Å². The van der Waals surface area contributed by atoms with Crippen LogP contribution in [0.2, 0.25) is 0 Å². The van der Waals surface area contributed by atoms with E-state index in [2.05, 4.69) is 5.28 Å².